The van der Waals surface area contributed by atoms with E-state index in [4.69, 9.17) is 15.9 Å². The molecular formula is C31H34F3N3O6. The average molecular weight is 602 g/mol. The van der Waals surface area contributed by atoms with Crippen LogP contribution in [0.25, 0.3) is 0 Å². The molecule has 4 atom stereocenters. The van der Waals surface area contributed by atoms with E-state index in [2.05, 4.69) is 5.32 Å². The summed E-state index contributed by atoms with van der Waals surface area (Å²) in [4.78, 5) is 47.6. The van der Waals surface area contributed by atoms with Crippen molar-refractivity contribution in [2.24, 2.45) is 17.1 Å². The first-order valence-corrected chi connectivity index (χ1v) is 14.1. The molecule has 1 aliphatic carbocycles. The van der Waals surface area contributed by atoms with Crippen LogP contribution in [0.4, 0.5) is 13.2 Å². The van der Waals surface area contributed by atoms with Crippen LogP contribution >= 0.6 is 0 Å². The Morgan fingerprint density at radius 3 is 2.02 bits per heavy atom. The van der Waals surface area contributed by atoms with E-state index in [9.17, 15) is 32.3 Å². The highest BCUT2D eigenvalue weighted by Crippen LogP contribution is 2.51. The predicted octanol–water partition coefficient (Wildman–Crippen LogP) is 3.55. The number of hydrogen-bond donors (Lipinski definition) is 4. The van der Waals surface area contributed by atoms with Crippen molar-refractivity contribution in [3.05, 3.63) is 83.2 Å². The lowest BCUT2D eigenvalue weighted by molar-refractivity contribution is -0.148. The molecule has 2 saturated heterocycles. The highest BCUT2D eigenvalue weighted by molar-refractivity contribution is 6.08. The van der Waals surface area contributed by atoms with Crippen LogP contribution in [0.2, 0.25) is 0 Å². The van der Waals surface area contributed by atoms with Gasteiger partial charge in [-0.05, 0) is 68.1 Å². The summed E-state index contributed by atoms with van der Waals surface area (Å²) in [6, 6.07) is 10.6. The smallest absolute Gasteiger partial charge is 0.328 e. The zero-order chi connectivity index (χ0) is 31.3. The molecule has 0 spiro atoms. The lowest BCUT2D eigenvalue weighted by Gasteiger charge is -2.42. The van der Waals surface area contributed by atoms with Gasteiger partial charge in [-0.25, -0.2) is 22.8 Å². The van der Waals surface area contributed by atoms with Crippen LogP contribution in [0, 0.1) is 28.8 Å². The minimum Gasteiger partial charge on any atom is -0.478 e. The van der Waals surface area contributed by atoms with Gasteiger partial charge in [-0.15, -0.1) is 0 Å². The van der Waals surface area contributed by atoms with Crippen molar-refractivity contribution in [3.8, 4) is 0 Å². The molecule has 2 aromatic rings. The van der Waals surface area contributed by atoms with Gasteiger partial charge in [0.15, 0.2) is 11.6 Å². The molecule has 0 radical (unpaired) electrons. The van der Waals surface area contributed by atoms with E-state index in [1.54, 1.807) is 0 Å². The second-order valence-corrected chi connectivity index (χ2v) is 11.3. The maximum atomic E-state index is 14.1. The number of halogens is 3. The van der Waals surface area contributed by atoms with Crippen molar-refractivity contribution in [2.75, 3.05) is 0 Å². The highest BCUT2D eigenvalue weighted by Gasteiger charge is 2.61. The number of carbonyl (C=O) groups is 4. The normalized spacial score (nSPS) is 22.3. The van der Waals surface area contributed by atoms with Crippen LogP contribution in [0.15, 0.2) is 54.6 Å². The fourth-order valence-electron chi connectivity index (χ4n) is 6.04. The SMILES string of the molecule is N[C@H](Cc1cc(F)c(F)cc1F)C1C[C@H]2CC[C@@H](C1)N2C(=O)C1(C(=O)NCc2ccccc2)CC1.O=C(O)/C=C\C(=O)O. The van der Waals surface area contributed by atoms with Crippen molar-refractivity contribution in [1.29, 1.82) is 0 Å². The van der Waals surface area contributed by atoms with Crippen molar-refractivity contribution in [3.63, 3.8) is 0 Å². The third kappa shape index (κ3) is 7.61. The number of rotatable bonds is 9. The Labute approximate surface area is 246 Å². The van der Waals surface area contributed by atoms with Crippen LogP contribution in [0.5, 0.6) is 0 Å². The Balaban J connectivity index is 0.000000467. The summed E-state index contributed by atoms with van der Waals surface area (Å²) in [6.07, 6.45) is 5.35. The van der Waals surface area contributed by atoms with E-state index in [0.29, 0.717) is 50.4 Å². The van der Waals surface area contributed by atoms with Gasteiger partial charge < -0.3 is 26.2 Å². The number of piperidine rings is 1. The Hall–Kier alpha value is -4.19. The van der Waals surface area contributed by atoms with E-state index in [1.807, 2.05) is 35.2 Å². The molecule has 230 valence electrons. The first kappa shape index (κ1) is 31.7. The highest BCUT2D eigenvalue weighted by atomic mass is 19.2. The largest absolute Gasteiger partial charge is 0.478 e. The summed E-state index contributed by atoms with van der Waals surface area (Å²) in [5.74, 6) is -5.88. The van der Waals surface area contributed by atoms with E-state index >= 15 is 0 Å². The fraction of sp³-hybridized carbons (Fsp3) is 0.419. The third-order valence-corrected chi connectivity index (χ3v) is 8.41. The van der Waals surface area contributed by atoms with E-state index in [1.165, 1.54) is 0 Å². The van der Waals surface area contributed by atoms with Crippen LogP contribution in [0.3, 0.4) is 0 Å². The van der Waals surface area contributed by atoms with Gasteiger partial charge in [0.05, 0.1) is 0 Å². The summed E-state index contributed by atoms with van der Waals surface area (Å²) in [7, 11) is 0. The third-order valence-electron chi connectivity index (χ3n) is 8.41. The second kappa shape index (κ2) is 13.4. The van der Waals surface area contributed by atoms with E-state index < -0.39 is 40.8 Å². The van der Waals surface area contributed by atoms with Crippen molar-refractivity contribution >= 4 is 23.8 Å². The minimum absolute atomic E-state index is 0.00787. The number of amides is 2. The number of nitrogens with zero attached hydrogens (tertiary/aromatic N) is 1. The standard InChI is InChI=1S/C27H30F3N3O2.C4H4O4/c28-21-14-23(30)22(29)12-17(21)13-24(31)18-10-19-6-7-20(11-18)33(19)26(35)27(8-9-27)25(34)32-15-16-4-2-1-3-5-16;5-3(6)1-2-4(7)8/h1-5,12,14,18-20,24H,6-11,13,15,31H2,(H,32,34);1-2H,(H,5,6)(H,7,8)/b;2-1-/t18?,19-,20+,24-;/m1./s1. The van der Waals surface area contributed by atoms with Crippen LogP contribution < -0.4 is 11.1 Å². The van der Waals surface area contributed by atoms with Gasteiger partial charge in [0.1, 0.15) is 11.2 Å². The average Bonchev–Trinajstić information content (AvgIpc) is 3.74. The predicted molar refractivity (Wildman–Crippen MR) is 149 cm³/mol. The lowest BCUT2D eigenvalue weighted by atomic mass is 9.82. The summed E-state index contributed by atoms with van der Waals surface area (Å²) in [5.41, 5.74) is 6.48. The second-order valence-electron chi connectivity index (χ2n) is 11.3. The first-order chi connectivity index (χ1) is 20.4. The van der Waals surface area contributed by atoms with Crippen molar-refractivity contribution in [2.45, 2.75) is 69.6 Å². The number of carbonyl (C=O) groups excluding carboxylic acids is 2. The van der Waals surface area contributed by atoms with Crippen LogP contribution in [-0.2, 0) is 32.1 Å². The maximum Gasteiger partial charge on any atom is 0.328 e. The molecule has 3 aliphatic rings. The fourth-order valence-corrected chi connectivity index (χ4v) is 6.04. The number of carboxylic acids is 2. The van der Waals surface area contributed by atoms with Gasteiger partial charge in [0.25, 0.3) is 0 Å². The van der Waals surface area contributed by atoms with Gasteiger partial charge in [-0.1, -0.05) is 30.3 Å². The molecule has 1 saturated carbocycles. The number of aliphatic carboxylic acids is 2. The van der Waals surface area contributed by atoms with Crippen LogP contribution in [0.1, 0.15) is 49.7 Å². The molecule has 2 aliphatic heterocycles. The first-order valence-electron chi connectivity index (χ1n) is 14.1. The Kier molecular flexibility index (Phi) is 9.90. The van der Waals surface area contributed by atoms with Crippen molar-refractivity contribution < 1.29 is 42.6 Å². The zero-order valence-electron chi connectivity index (χ0n) is 23.3. The van der Waals surface area contributed by atoms with Crippen molar-refractivity contribution in [1.82, 2.24) is 10.2 Å². The molecule has 43 heavy (non-hydrogen) atoms. The summed E-state index contributed by atoms with van der Waals surface area (Å²) < 4.78 is 41.0. The van der Waals surface area contributed by atoms with Gasteiger partial charge in [-0.2, -0.15) is 0 Å². The molecule has 5 N–H and O–H groups in total. The number of fused-ring (bicyclic) bond motifs is 2. The maximum absolute atomic E-state index is 14.1. The molecule has 0 aromatic heterocycles. The number of benzene rings is 2. The molecule has 1 unspecified atom stereocenters. The Morgan fingerprint density at radius 1 is 0.930 bits per heavy atom. The molecule has 2 bridgehead atoms. The molecule has 2 aromatic carbocycles. The van der Waals surface area contributed by atoms with Gasteiger partial charge in [-0.3, -0.25) is 9.59 Å². The molecule has 9 nitrogen and oxygen atoms in total. The molecule has 2 amide bonds. The quantitative estimate of drug-likeness (QED) is 0.195. The van der Waals surface area contributed by atoms with Gasteiger partial charge >= 0.3 is 11.9 Å². The molecular weight excluding hydrogens is 567 g/mol. The molecule has 2 heterocycles. The van der Waals surface area contributed by atoms with Gasteiger partial charge in [0.2, 0.25) is 11.8 Å². The lowest BCUT2D eigenvalue weighted by Crippen LogP contribution is -2.54. The molecule has 12 heteroatoms. The summed E-state index contributed by atoms with van der Waals surface area (Å²) in [6.45, 7) is 0.388. The summed E-state index contributed by atoms with van der Waals surface area (Å²) in [5, 5.41) is 18.6. The zero-order valence-corrected chi connectivity index (χ0v) is 23.3. The monoisotopic (exact) mass is 601 g/mol. The number of nitrogens with one attached hydrogen (secondary N) is 1. The summed E-state index contributed by atoms with van der Waals surface area (Å²) >= 11 is 0. The molecule has 5 rings (SSSR count). The van der Waals surface area contributed by atoms with Crippen LogP contribution in [-0.4, -0.2) is 57.0 Å². The number of hydrogen-bond acceptors (Lipinski definition) is 5. The topological polar surface area (TPSA) is 150 Å². The minimum atomic E-state index is -1.26. The van der Waals surface area contributed by atoms with E-state index in [-0.39, 0.29) is 41.8 Å². The Morgan fingerprint density at radius 2 is 1.49 bits per heavy atom. The molecule has 3 fully saturated rings. The number of carboxylic acid groups (broad SMARTS) is 2. The van der Waals surface area contributed by atoms with E-state index in [0.717, 1.165) is 24.5 Å². The Bertz CT molecular complexity index is 1370. The number of nitrogens with two attached hydrogens (primary N) is 1. The van der Waals surface area contributed by atoms with Gasteiger partial charge in [0, 0.05) is 42.9 Å².